The Morgan fingerprint density at radius 1 is 1.10 bits per heavy atom. The molecule has 2 amide bonds. The molecule has 0 aliphatic carbocycles. The lowest BCUT2D eigenvalue weighted by atomic mass is 9.90. The third-order valence-electron chi connectivity index (χ3n) is 5.41. The number of piperidine rings is 1. The van der Waals surface area contributed by atoms with Crippen molar-refractivity contribution in [1.29, 1.82) is 0 Å². The number of hydrogen-bond donors (Lipinski definition) is 1. The Kier molecular flexibility index (Phi) is 7.28. The maximum Gasteiger partial charge on any atom is 0.253 e. The van der Waals surface area contributed by atoms with Crippen LogP contribution in [0.3, 0.4) is 0 Å². The van der Waals surface area contributed by atoms with Gasteiger partial charge in [-0.15, -0.1) is 0 Å². The predicted octanol–water partition coefficient (Wildman–Crippen LogP) is 4.53. The average Bonchev–Trinajstić information content (AvgIpc) is 2.73. The SMILES string of the molecule is CCOc1ccc(CCC2CCN(C(=O)c3cccc(NC(C)=O)c3)CC2)cc1. The number of rotatable bonds is 7. The van der Waals surface area contributed by atoms with Crippen LogP contribution in [0.5, 0.6) is 5.75 Å². The lowest BCUT2D eigenvalue weighted by molar-refractivity contribution is -0.114. The van der Waals surface area contributed by atoms with Gasteiger partial charge < -0.3 is 15.0 Å². The van der Waals surface area contributed by atoms with Gasteiger partial charge in [0.1, 0.15) is 5.75 Å². The minimum atomic E-state index is -0.136. The van der Waals surface area contributed by atoms with E-state index in [2.05, 4.69) is 17.4 Å². The molecule has 0 aromatic heterocycles. The fraction of sp³-hybridized carbons (Fsp3) is 0.417. The van der Waals surface area contributed by atoms with E-state index in [1.54, 1.807) is 12.1 Å². The Morgan fingerprint density at radius 3 is 2.48 bits per heavy atom. The molecule has 5 nitrogen and oxygen atoms in total. The van der Waals surface area contributed by atoms with Gasteiger partial charge in [-0.2, -0.15) is 0 Å². The molecule has 0 bridgehead atoms. The second-order valence-electron chi connectivity index (χ2n) is 7.61. The molecule has 1 aliphatic heterocycles. The quantitative estimate of drug-likeness (QED) is 0.751. The molecule has 0 atom stereocenters. The van der Waals surface area contributed by atoms with Crippen molar-refractivity contribution >= 4 is 17.5 Å². The van der Waals surface area contributed by atoms with Gasteiger partial charge in [-0.1, -0.05) is 18.2 Å². The third-order valence-corrected chi connectivity index (χ3v) is 5.41. The minimum Gasteiger partial charge on any atom is -0.494 e. The van der Waals surface area contributed by atoms with E-state index in [0.717, 1.165) is 44.5 Å². The normalized spacial score (nSPS) is 14.5. The van der Waals surface area contributed by atoms with Crippen LogP contribution in [0.4, 0.5) is 5.69 Å². The van der Waals surface area contributed by atoms with E-state index in [1.165, 1.54) is 12.5 Å². The molecule has 5 heteroatoms. The molecule has 0 spiro atoms. The summed E-state index contributed by atoms with van der Waals surface area (Å²) in [4.78, 5) is 26.0. The Balaban J connectivity index is 1.47. The number of carbonyl (C=O) groups is 2. The number of benzene rings is 2. The number of anilines is 1. The van der Waals surface area contributed by atoms with E-state index in [9.17, 15) is 9.59 Å². The minimum absolute atomic E-state index is 0.0437. The summed E-state index contributed by atoms with van der Waals surface area (Å²) < 4.78 is 5.49. The van der Waals surface area contributed by atoms with Crippen LogP contribution in [-0.4, -0.2) is 36.4 Å². The van der Waals surface area contributed by atoms with Crippen LogP contribution < -0.4 is 10.1 Å². The summed E-state index contributed by atoms with van der Waals surface area (Å²) in [7, 11) is 0. The van der Waals surface area contributed by atoms with Crippen LogP contribution in [0.2, 0.25) is 0 Å². The van der Waals surface area contributed by atoms with Gasteiger partial charge in [0.15, 0.2) is 0 Å². The lowest BCUT2D eigenvalue weighted by Gasteiger charge is -2.32. The van der Waals surface area contributed by atoms with Crippen LogP contribution in [-0.2, 0) is 11.2 Å². The van der Waals surface area contributed by atoms with E-state index in [-0.39, 0.29) is 11.8 Å². The van der Waals surface area contributed by atoms with E-state index in [1.807, 2.05) is 36.1 Å². The van der Waals surface area contributed by atoms with Gasteiger partial charge in [-0.05, 0) is 74.4 Å². The second kappa shape index (κ2) is 10.1. The maximum atomic E-state index is 12.8. The number of aryl methyl sites for hydroxylation is 1. The summed E-state index contributed by atoms with van der Waals surface area (Å²) in [6.45, 7) is 5.72. The van der Waals surface area contributed by atoms with Gasteiger partial charge >= 0.3 is 0 Å². The molecule has 1 N–H and O–H groups in total. The molecule has 154 valence electrons. The van der Waals surface area contributed by atoms with Crippen LogP contribution in [0.25, 0.3) is 0 Å². The van der Waals surface area contributed by atoms with Crippen molar-refractivity contribution in [3.8, 4) is 5.75 Å². The molecule has 0 saturated carbocycles. The summed E-state index contributed by atoms with van der Waals surface area (Å²) in [6, 6.07) is 15.5. The van der Waals surface area contributed by atoms with Crippen LogP contribution in [0.15, 0.2) is 48.5 Å². The molecule has 0 unspecified atom stereocenters. The van der Waals surface area contributed by atoms with E-state index in [0.29, 0.717) is 23.8 Å². The monoisotopic (exact) mass is 394 g/mol. The zero-order valence-electron chi connectivity index (χ0n) is 17.3. The molecular weight excluding hydrogens is 364 g/mol. The molecule has 1 saturated heterocycles. The van der Waals surface area contributed by atoms with Gasteiger partial charge in [0.05, 0.1) is 6.61 Å². The molecule has 1 aliphatic rings. The number of ether oxygens (including phenoxy) is 1. The molecule has 1 fully saturated rings. The largest absolute Gasteiger partial charge is 0.494 e. The Morgan fingerprint density at radius 2 is 1.83 bits per heavy atom. The van der Waals surface area contributed by atoms with Crippen LogP contribution >= 0.6 is 0 Å². The topological polar surface area (TPSA) is 58.6 Å². The number of amides is 2. The first kappa shape index (κ1) is 20.9. The van der Waals surface area contributed by atoms with Gasteiger partial charge in [0, 0.05) is 31.3 Å². The van der Waals surface area contributed by atoms with Crippen molar-refractivity contribution in [2.45, 2.75) is 39.5 Å². The Hall–Kier alpha value is -2.82. The zero-order chi connectivity index (χ0) is 20.6. The summed E-state index contributed by atoms with van der Waals surface area (Å²) >= 11 is 0. The molecule has 2 aromatic rings. The molecular formula is C24H30N2O3. The highest BCUT2D eigenvalue weighted by molar-refractivity contribution is 5.96. The van der Waals surface area contributed by atoms with Gasteiger partial charge in [0.25, 0.3) is 5.91 Å². The highest BCUT2D eigenvalue weighted by Gasteiger charge is 2.23. The fourth-order valence-electron chi connectivity index (χ4n) is 3.83. The third kappa shape index (κ3) is 6.08. The van der Waals surface area contributed by atoms with Crippen molar-refractivity contribution in [2.75, 3.05) is 25.0 Å². The van der Waals surface area contributed by atoms with Crippen LogP contribution in [0.1, 0.15) is 49.0 Å². The van der Waals surface area contributed by atoms with Crippen molar-refractivity contribution in [3.63, 3.8) is 0 Å². The smallest absolute Gasteiger partial charge is 0.253 e. The first-order chi connectivity index (χ1) is 14.0. The van der Waals surface area contributed by atoms with Gasteiger partial charge in [0.2, 0.25) is 5.91 Å². The summed E-state index contributed by atoms with van der Waals surface area (Å²) in [5, 5.41) is 2.74. The first-order valence-corrected chi connectivity index (χ1v) is 10.4. The summed E-state index contributed by atoms with van der Waals surface area (Å²) in [6.07, 6.45) is 4.28. The molecule has 2 aromatic carbocycles. The summed E-state index contributed by atoms with van der Waals surface area (Å²) in [5.74, 6) is 1.48. The molecule has 29 heavy (non-hydrogen) atoms. The highest BCUT2D eigenvalue weighted by atomic mass is 16.5. The van der Waals surface area contributed by atoms with E-state index < -0.39 is 0 Å². The molecule has 1 heterocycles. The van der Waals surface area contributed by atoms with Crippen molar-refractivity contribution in [1.82, 2.24) is 4.90 Å². The predicted molar refractivity (Wildman–Crippen MR) is 115 cm³/mol. The van der Waals surface area contributed by atoms with E-state index in [4.69, 9.17) is 4.74 Å². The van der Waals surface area contributed by atoms with Crippen molar-refractivity contribution < 1.29 is 14.3 Å². The fourth-order valence-corrected chi connectivity index (χ4v) is 3.83. The number of carbonyl (C=O) groups excluding carboxylic acids is 2. The van der Waals surface area contributed by atoms with Gasteiger partial charge in [-0.3, -0.25) is 9.59 Å². The number of hydrogen-bond acceptors (Lipinski definition) is 3. The van der Waals surface area contributed by atoms with E-state index >= 15 is 0 Å². The number of nitrogens with zero attached hydrogens (tertiary/aromatic N) is 1. The standard InChI is InChI=1S/C24H30N2O3/c1-3-29-23-11-9-19(10-12-23)7-8-20-13-15-26(16-14-20)24(28)21-5-4-6-22(17-21)25-18(2)27/h4-6,9-12,17,20H,3,7-8,13-16H2,1-2H3,(H,25,27). The average molecular weight is 395 g/mol. The highest BCUT2D eigenvalue weighted by Crippen LogP contribution is 2.24. The first-order valence-electron chi connectivity index (χ1n) is 10.4. The maximum absolute atomic E-state index is 12.8. The van der Waals surface area contributed by atoms with Crippen molar-refractivity contribution in [2.24, 2.45) is 5.92 Å². The van der Waals surface area contributed by atoms with Crippen LogP contribution in [0, 0.1) is 5.92 Å². The summed E-state index contributed by atoms with van der Waals surface area (Å²) in [5.41, 5.74) is 2.62. The van der Waals surface area contributed by atoms with Gasteiger partial charge in [-0.25, -0.2) is 0 Å². The Bertz CT molecular complexity index is 824. The molecule has 3 rings (SSSR count). The second-order valence-corrected chi connectivity index (χ2v) is 7.61. The Labute approximate surface area is 173 Å². The molecule has 0 radical (unpaired) electrons. The number of likely N-dealkylation sites (tertiary alicyclic amines) is 1. The van der Waals surface area contributed by atoms with Crippen molar-refractivity contribution in [3.05, 3.63) is 59.7 Å². The number of nitrogens with one attached hydrogen (secondary N) is 1. The lowest BCUT2D eigenvalue weighted by Crippen LogP contribution is -2.38. The zero-order valence-corrected chi connectivity index (χ0v) is 17.3.